The largest absolute Gasteiger partial charge is 0.456 e. The van der Waals surface area contributed by atoms with Crippen LogP contribution < -0.4 is 4.90 Å². The van der Waals surface area contributed by atoms with E-state index in [0.717, 1.165) is 77.9 Å². The van der Waals surface area contributed by atoms with Crippen molar-refractivity contribution in [1.29, 1.82) is 0 Å². The SMILES string of the molecule is CC1(C)c2ccccc2-c2ccc(N(c3ccccc3)c3cc4oc5cccc(-c6cc(-c7ccc8ccccc8c7)nc(-c7ccccc7)n6)c5c4c4ccccc34)cc21. The first-order valence-corrected chi connectivity index (χ1v) is 20.9. The van der Waals surface area contributed by atoms with Crippen molar-refractivity contribution in [2.24, 2.45) is 0 Å². The maximum atomic E-state index is 6.94. The Balaban J connectivity index is 1.08. The van der Waals surface area contributed by atoms with Gasteiger partial charge in [0.05, 0.1) is 17.1 Å². The third-order valence-electron chi connectivity index (χ3n) is 12.6. The summed E-state index contributed by atoms with van der Waals surface area (Å²) in [5, 5.41) is 6.71. The number of furan rings is 1. The first-order chi connectivity index (χ1) is 30.0. The van der Waals surface area contributed by atoms with Gasteiger partial charge in [0.1, 0.15) is 11.2 Å². The average molecular weight is 782 g/mol. The van der Waals surface area contributed by atoms with E-state index in [1.54, 1.807) is 0 Å². The van der Waals surface area contributed by atoms with Gasteiger partial charge in [-0.1, -0.05) is 166 Å². The lowest BCUT2D eigenvalue weighted by Crippen LogP contribution is -2.16. The zero-order chi connectivity index (χ0) is 40.7. The summed E-state index contributed by atoms with van der Waals surface area (Å²) in [6.07, 6.45) is 0. The first kappa shape index (κ1) is 35.2. The molecule has 0 aliphatic heterocycles. The highest BCUT2D eigenvalue weighted by Crippen LogP contribution is 2.52. The van der Waals surface area contributed by atoms with Crippen molar-refractivity contribution < 1.29 is 4.42 Å². The molecule has 4 nitrogen and oxygen atoms in total. The van der Waals surface area contributed by atoms with Gasteiger partial charge in [-0.2, -0.15) is 0 Å². The van der Waals surface area contributed by atoms with E-state index in [0.29, 0.717) is 5.82 Å². The summed E-state index contributed by atoms with van der Waals surface area (Å²) in [7, 11) is 0. The molecule has 0 saturated heterocycles. The topological polar surface area (TPSA) is 42.2 Å². The van der Waals surface area contributed by atoms with Crippen molar-refractivity contribution in [3.8, 4) is 45.0 Å². The third kappa shape index (κ3) is 5.60. The van der Waals surface area contributed by atoms with Crippen LogP contribution in [0.2, 0.25) is 0 Å². The molecular weight excluding hydrogens is 743 g/mol. The Morgan fingerprint density at radius 1 is 0.426 bits per heavy atom. The normalized spacial score (nSPS) is 12.9. The molecule has 4 heteroatoms. The van der Waals surface area contributed by atoms with Gasteiger partial charge >= 0.3 is 0 Å². The second-order valence-corrected chi connectivity index (χ2v) is 16.6. The van der Waals surface area contributed by atoms with Crippen molar-refractivity contribution in [1.82, 2.24) is 9.97 Å². The lowest BCUT2D eigenvalue weighted by molar-refractivity contribution is 0.660. The Labute approximate surface area is 354 Å². The fourth-order valence-electron chi connectivity index (χ4n) is 9.69. The van der Waals surface area contributed by atoms with Gasteiger partial charge in [-0.15, -0.1) is 0 Å². The lowest BCUT2D eigenvalue weighted by atomic mass is 9.82. The van der Waals surface area contributed by atoms with Gasteiger partial charge in [0.2, 0.25) is 0 Å². The van der Waals surface area contributed by atoms with Crippen LogP contribution in [0, 0.1) is 0 Å². The number of hydrogen-bond donors (Lipinski definition) is 0. The molecule has 0 atom stereocenters. The van der Waals surface area contributed by atoms with E-state index >= 15 is 0 Å². The highest BCUT2D eigenvalue weighted by molar-refractivity contribution is 6.25. The van der Waals surface area contributed by atoms with Gasteiger partial charge in [0.15, 0.2) is 5.82 Å². The minimum atomic E-state index is -0.138. The summed E-state index contributed by atoms with van der Waals surface area (Å²) in [4.78, 5) is 12.9. The minimum Gasteiger partial charge on any atom is -0.456 e. The molecular formula is C57H39N3O. The lowest BCUT2D eigenvalue weighted by Gasteiger charge is -2.29. The highest BCUT2D eigenvalue weighted by Gasteiger charge is 2.36. The van der Waals surface area contributed by atoms with E-state index in [-0.39, 0.29) is 5.41 Å². The van der Waals surface area contributed by atoms with Crippen LogP contribution in [0.1, 0.15) is 25.0 Å². The van der Waals surface area contributed by atoms with Crippen LogP contribution in [-0.2, 0) is 5.41 Å². The minimum absolute atomic E-state index is 0.138. The summed E-state index contributed by atoms with van der Waals surface area (Å²) in [5.74, 6) is 0.678. The summed E-state index contributed by atoms with van der Waals surface area (Å²) in [6, 6.07) is 71.2. The van der Waals surface area contributed by atoms with Crippen LogP contribution in [0.4, 0.5) is 17.1 Å². The molecule has 2 heterocycles. The monoisotopic (exact) mass is 781 g/mol. The molecule has 0 amide bonds. The maximum Gasteiger partial charge on any atom is 0.160 e. The summed E-state index contributed by atoms with van der Waals surface area (Å²) < 4.78 is 6.94. The maximum absolute atomic E-state index is 6.94. The molecule has 0 N–H and O–H groups in total. The number of benzene rings is 9. The number of para-hydroxylation sites is 1. The fraction of sp³-hybridized carbons (Fsp3) is 0.0526. The van der Waals surface area contributed by atoms with Crippen LogP contribution in [-0.4, -0.2) is 9.97 Å². The molecule has 0 bridgehead atoms. The van der Waals surface area contributed by atoms with Crippen LogP contribution in [0.3, 0.4) is 0 Å². The van der Waals surface area contributed by atoms with E-state index in [1.807, 2.05) is 18.2 Å². The van der Waals surface area contributed by atoms with Gasteiger partial charge in [0.25, 0.3) is 0 Å². The Morgan fingerprint density at radius 3 is 1.97 bits per heavy atom. The van der Waals surface area contributed by atoms with Gasteiger partial charge in [-0.25, -0.2) is 9.97 Å². The molecule has 11 aromatic rings. The molecule has 2 aromatic heterocycles. The Hall–Kier alpha value is -7.82. The van der Waals surface area contributed by atoms with Crippen LogP contribution >= 0.6 is 0 Å². The molecule has 0 radical (unpaired) electrons. The van der Waals surface area contributed by atoms with E-state index in [1.165, 1.54) is 33.0 Å². The molecule has 0 spiro atoms. The summed E-state index contributed by atoms with van der Waals surface area (Å²) in [6.45, 7) is 4.68. The van der Waals surface area contributed by atoms with Crippen LogP contribution in [0.25, 0.3) is 88.5 Å². The van der Waals surface area contributed by atoms with Crippen molar-refractivity contribution in [2.45, 2.75) is 19.3 Å². The van der Waals surface area contributed by atoms with E-state index < -0.39 is 0 Å². The number of fused-ring (bicyclic) bond motifs is 9. The zero-order valence-corrected chi connectivity index (χ0v) is 33.8. The Bertz CT molecular complexity index is 3510. The molecule has 0 saturated carbocycles. The van der Waals surface area contributed by atoms with Gasteiger partial charge in [-0.3, -0.25) is 0 Å². The Morgan fingerprint density at radius 2 is 1.11 bits per heavy atom. The predicted molar refractivity (Wildman–Crippen MR) is 253 cm³/mol. The molecule has 0 fully saturated rings. The number of hydrogen-bond acceptors (Lipinski definition) is 4. The predicted octanol–water partition coefficient (Wildman–Crippen LogP) is 15.5. The molecule has 1 aliphatic rings. The second kappa shape index (κ2) is 13.6. The number of aromatic nitrogens is 2. The average Bonchev–Trinajstić information content (AvgIpc) is 3.81. The van der Waals surface area contributed by atoms with Gasteiger partial charge in [-0.05, 0) is 80.9 Å². The van der Waals surface area contributed by atoms with E-state index in [9.17, 15) is 0 Å². The molecule has 288 valence electrons. The fourth-order valence-corrected chi connectivity index (χ4v) is 9.69. The number of nitrogens with zero attached hydrogens (tertiary/aromatic N) is 3. The molecule has 1 aliphatic carbocycles. The summed E-state index contributed by atoms with van der Waals surface area (Å²) >= 11 is 0. The van der Waals surface area contributed by atoms with Gasteiger partial charge in [0, 0.05) is 55.7 Å². The standard InChI is InChI=1S/C57H39N3O/c1-57(2)47-26-14-13-22-42(47)43-31-30-41(33-48(43)57)60(40-20-7-4-8-21-40)51-35-53-54(45-24-12-11-23-44(45)51)55-46(25-15-27-52(55)61-53)50-34-49(58-56(59-50)37-17-5-3-6-18-37)39-29-28-36-16-9-10-19-38(36)32-39/h3-35H,1-2H3. The van der Waals surface area contributed by atoms with E-state index in [4.69, 9.17) is 14.4 Å². The summed E-state index contributed by atoms with van der Waals surface area (Å²) in [5.41, 5.74) is 14.7. The smallest absolute Gasteiger partial charge is 0.160 e. The quantitative estimate of drug-likeness (QED) is 0.168. The molecule has 9 aromatic carbocycles. The molecule has 0 unspecified atom stereocenters. The van der Waals surface area contributed by atoms with Crippen molar-refractivity contribution in [3.05, 3.63) is 211 Å². The van der Waals surface area contributed by atoms with Crippen molar-refractivity contribution in [2.75, 3.05) is 4.90 Å². The number of rotatable bonds is 6. The third-order valence-corrected chi connectivity index (χ3v) is 12.6. The highest BCUT2D eigenvalue weighted by atomic mass is 16.3. The first-order valence-electron chi connectivity index (χ1n) is 20.9. The molecule has 61 heavy (non-hydrogen) atoms. The second-order valence-electron chi connectivity index (χ2n) is 16.6. The van der Waals surface area contributed by atoms with Crippen LogP contribution in [0.15, 0.2) is 205 Å². The van der Waals surface area contributed by atoms with Crippen LogP contribution in [0.5, 0.6) is 0 Å². The van der Waals surface area contributed by atoms with Crippen molar-refractivity contribution in [3.63, 3.8) is 0 Å². The number of anilines is 3. The molecule has 12 rings (SSSR count). The zero-order valence-electron chi connectivity index (χ0n) is 33.8. The van der Waals surface area contributed by atoms with Crippen molar-refractivity contribution >= 4 is 60.5 Å². The van der Waals surface area contributed by atoms with Gasteiger partial charge < -0.3 is 9.32 Å². The Kier molecular flexibility index (Phi) is 7.85. The van der Waals surface area contributed by atoms with E-state index in [2.05, 4.69) is 201 Å².